The van der Waals surface area contributed by atoms with E-state index in [4.69, 9.17) is 44.9 Å². The van der Waals surface area contributed by atoms with Gasteiger partial charge in [-0.2, -0.15) is 0 Å². The number of aliphatic hydroxyl groups is 2. The molecule has 514 valence electrons. The standard InChI is InChI=1S/C67H67N13O13S6/c1-31-47(81)24-80-53(31)64-77-46(30-98-64)61-73-42(26-95-61)51-38(20-21-39(70-51)60-75-43(28-96-60)55(85)69-36-16-14-35(15-17-36)66(90)91-6)59-74-44(27-94-59)56(86)71-40(23-48(68)82)62-79-50(32(2)99-62)58(88)78-52(54(84)34-10-8-7-9-11-34)63-76-45(29-97-63)57(87)72-41(65(80)89)22-33-12-18-37(19-13-33)92-25-49(83)93-67(3,4)5/h7-13,18-21,26-31,35-36,40-41,47,52-54,81,84H,14-17,22-25H2,1-6H3,(H2,68,82)(H,69,85)(H,71,86)(H,72,87)(H,78,88)/t31-,35-,36-,40-,41-,47-,52?,53-,54+/m0/s1. The van der Waals surface area contributed by atoms with Crippen LogP contribution in [-0.4, -0.2) is 141 Å². The van der Waals surface area contributed by atoms with Gasteiger partial charge in [-0.3, -0.25) is 33.6 Å². The fraction of sp³-hybridized carbons (Fsp3) is 0.358. The molecule has 0 radical (unpaired) electrons. The molecule has 10 bridgehead atoms. The first-order valence-corrected chi connectivity index (χ1v) is 36.7. The van der Waals surface area contributed by atoms with Crippen molar-refractivity contribution in [3.8, 4) is 49.1 Å². The molecule has 9 aromatic rings. The number of pyridine rings is 1. The molecule has 26 nitrogen and oxygen atoms in total. The van der Waals surface area contributed by atoms with E-state index in [1.807, 2.05) is 6.92 Å². The van der Waals surface area contributed by atoms with Crippen LogP contribution in [-0.2, 0) is 35.1 Å². The first-order valence-electron chi connectivity index (χ1n) is 31.5. The van der Waals surface area contributed by atoms with E-state index in [0.717, 1.165) is 34.0 Å². The number of nitrogens with zero attached hydrogens (tertiary/aromatic N) is 8. The number of fused-ring (bicyclic) bond motifs is 16. The number of rotatable bonds is 13. The number of hydrogen-bond donors (Lipinski definition) is 7. The lowest BCUT2D eigenvalue weighted by atomic mass is 9.86. The van der Waals surface area contributed by atoms with Crippen molar-refractivity contribution in [2.24, 2.45) is 17.6 Å². The number of benzene rings is 2. The molecule has 2 aromatic carbocycles. The molecule has 2 fully saturated rings. The fourth-order valence-corrected chi connectivity index (χ4v) is 17.1. The molecular formula is C67H67N13O13S6. The number of aliphatic hydroxyl groups excluding tert-OH is 2. The van der Waals surface area contributed by atoms with Gasteiger partial charge in [0.05, 0.1) is 43.3 Å². The molecule has 7 aromatic heterocycles. The Balaban J connectivity index is 0.915. The number of ether oxygens (including phenoxy) is 3. The number of amides is 6. The topological polar surface area (TPSA) is 372 Å². The summed E-state index contributed by atoms with van der Waals surface area (Å²) in [7, 11) is 1.37. The normalized spacial score (nSPS) is 20.9. The van der Waals surface area contributed by atoms with Gasteiger partial charge in [0.25, 0.3) is 23.6 Å². The van der Waals surface area contributed by atoms with Gasteiger partial charge in [-0.25, -0.2) is 39.7 Å². The van der Waals surface area contributed by atoms with Gasteiger partial charge in [0.1, 0.15) is 99.4 Å². The third-order valence-electron chi connectivity index (χ3n) is 16.8. The molecule has 0 spiro atoms. The maximum atomic E-state index is 15.5. The van der Waals surface area contributed by atoms with Crippen molar-refractivity contribution in [2.75, 3.05) is 20.3 Å². The van der Waals surface area contributed by atoms with Crippen LogP contribution in [0.1, 0.15) is 157 Å². The maximum absolute atomic E-state index is 15.5. The summed E-state index contributed by atoms with van der Waals surface area (Å²) in [4.78, 5) is 146. The van der Waals surface area contributed by atoms with E-state index in [2.05, 4.69) is 31.2 Å². The predicted octanol–water partition coefficient (Wildman–Crippen LogP) is 8.77. The van der Waals surface area contributed by atoms with Gasteiger partial charge in [0.15, 0.2) is 6.61 Å². The van der Waals surface area contributed by atoms with Crippen molar-refractivity contribution < 1.29 is 62.8 Å². The first-order chi connectivity index (χ1) is 47.4. The lowest BCUT2D eigenvalue weighted by Crippen LogP contribution is -2.50. The van der Waals surface area contributed by atoms with E-state index in [9.17, 15) is 43.8 Å². The lowest BCUT2D eigenvalue weighted by molar-refractivity contribution is -0.157. The van der Waals surface area contributed by atoms with Gasteiger partial charge in [0, 0.05) is 62.3 Å². The quantitative estimate of drug-likeness (QED) is 0.0530. The minimum atomic E-state index is -1.44. The summed E-state index contributed by atoms with van der Waals surface area (Å²) in [6, 6.07) is 13.9. The lowest BCUT2D eigenvalue weighted by Gasteiger charge is -2.29. The SMILES string of the molecule is COC(=O)[C@H]1CC[C@H](NC(=O)c2csc(-c3ccc4c(n3)-c3csc(n3)-c3csc(n3)[C@@H]3[C@@H](C)[C@@H](O)CN3C(=O)[C@H](Cc3ccc(OCC(=O)OC(C)(C)C)cc3)NC(=O)c3csc(n3)C([C@H](O)c3ccccc3)NC(=O)c3nc(sc3C)[C@H](CC(N)=O)NC(=O)c3csc-4n3)n2)CC1. The van der Waals surface area contributed by atoms with E-state index in [1.54, 1.807) is 116 Å². The van der Waals surface area contributed by atoms with E-state index < -0.39 is 89.8 Å². The van der Waals surface area contributed by atoms with Gasteiger partial charge in [0.2, 0.25) is 11.8 Å². The van der Waals surface area contributed by atoms with Crippen molar-refractivity contribution in [1.82, 2.24) is 61.1 Å². The van der Waals surface area contributed by atoms with Gasteiger partial charge >= 0.3 is 11.9 Å². The second kappa shape index (κ2) is 29.7. The Morgan fingerprint density at radius 3 is 2.07 bits per heavy atom. The number of esters is 2. The molecule has 1 unspecified atom stereocenters. The number of primary amides is 1. The number of carbonyl (C=O) groups is 8. The molecule has 1 saturated carbocycles. The Kier molecular flexibility index (Phi) is 20.9. The largest absolute Gasteiger partial charge is 0.482 e. The van der Waals surface area contributed by atoms with Crippen LogP contribution >= 0.6 is 68.0 Å². The highest BCUT2D eigenvalue weighted by Gasteiger charge is 2.46. The summed E-state index contributed by atoms with van der Waals surface area (Å²) in [6.45, 7) is 8.21. The van der Waals surface area contributed by atoms with E-state index in [-0.39, 0.29) is 76.2 Å². The monoisotopic (exact) mass is 1450 g/mol. The molecule has 1 aliphatic carbocycles. The zero-order valence-electron chi connectivity index (χ0n) is 54.1. The molecular weight excluding hydrogens is 1390 g/mol. The first kappa shape index (κ1) is 69.7. The third kappa shape index (κ3) is 16.0. The molecule has 9 heterocycles. The summed E-state index contributed by atoms with van der Waals surface area (Å²) in [6.07, 6.45) is -0.566. The van der Waals surface area contributed by atoms with Crippen LogP contribution < -0.4 is 31.7 Å². The summed E-state index contributed by atoms with van der Waals surface area (Å²) < 4.78 is 16.1. The van der Waals surface area contributed by atoms with Crippen molar-refractivity contribution in [1.29, 1.82) is 0 Å². The smallest absolute Gasteiger partial charge is 0.344 e. The van der Waals surface area contributed by atoms with Crippen LogP contribution in [0.2, 0.25) is 0 Å². The Labute approximate surface area is 590 Å². The van der Waals surface area contributed by atoms with Crippen LogP contribution in [0.3, 0.4) is 0 Å². The second-order valence-corrected chi connectivity index (χ2v) is 30.6. The van der Waals surface area contributed by atoms with E-state index in [0.29, 0.717) is 95.8 Å². The van der Waals surface area contributed by atoms with Crippen molar-refractivity contribution in [3.63, 3.8) is 0 Å². The van der Waals surface area contributed by atoms with Crippen LogP contribution in [0.5, 0.6) is 5.75 Å². The molecule has 3 aliphatic rings. The number of aromatic nitrogens is 7. The number of hydrogen-bond acceptors (Lipinski definition) is 26. The van der Waals surface area contributed by atoms with Crippen molar-refractivity contribution in [3.05, 3.63) is 147 Å². The van der Waals surface area contributed by atoms with Gasteiger partial charge in [-0.05, 0) is 88.8 Å². The Hall–Kier alpha value is -9.15. The van der Waals surface area contributed by atoms with Crippen molar-refractivity contribution in [2.45, 2.75) is 121 Å². The van der Waals surface area contributed by atoms with Crippen LogP contribution in [0.4, 0.5) is 0 Å². The zero-order chi connectivity index (χ0) is 70.0. The number of carbonyl (C=O) groups excluding carboxylic acids is 8. The average molecular weight is 1450 g/mol. The third-order valence-corrected chi connectivity index (χ3v) is 22.3. The van der Waals surface area contributed by atoms with Crippen LogP contribution in [0, 0.1) is 18.8 Å². The van der Waals surface area contributed by atoms with E-state index in [1.165, 1.54) is 51.4 Å². The zero-order valence-corrected chi connectivity index (χ0v) is 59.0. The molecule has 6 amide bonds. The molecule has 99 heavy (non-hydrogen) atoms. The number of nitrogens with two attached hydrogens (primary N) is 1. The highest BCUT2D eigenvalue weighted by atomic mass is 32.1. The molecule has 7 atom stereocenters. The Morgan fingerprint density at radius 2 is 1.34 bits per heavy atom. The van der Waals surface area contributed by atoms with Crippen LogP contribution in [0.25, 0.3) is 43.4 Å². The molecule has 12 rings (SSSR count). The molecule has 1 saturated heterocycles. The number of methoxy groups -OCH3 is 1. The highest BCUT2D eigenvalue weighted by molar-refractivity contribution is 7.15. The summed E-state index contributed by atoms with van der Waals surface area (Å²) >= 11 is 6.90. The summed E-state index contributed by atoms with van der Waals surface area (Å²) in [5, 5.41) is 45.7. The van der Waals surface area contributed by atoms with Crippen molar-refractivity contribution >= 4 is 115 Å². The molecule has 8 N–H and O–H groups in total. The predicted molar refractivity (Wildman–Crippen MR) is 371 cm³/mol. The molecule has 32 heteroatoms. The van der Waals surface area contributed by atoms with Gasteiger partial charge < -0.3 is 56.3 Å². The second-order valence-electron chi connectivity index (χ2n) is 25.0. The number of thiazole rings is 6. The fourth-order valence-electron chi connectivity index (χ4n) is 11.8. The highest BCUT2D eigenvalue weighted by Crippen LogP contribution is 2.43. The number of nitrogens with one attached hydrogen (secondary N) is 4. The Morgan fingerprint density at radius 1 is 0.697 bits per heavy atom. The van der Waals surface area contributed by atoms with Gasteiger partial charge in [-0.1, -0.05) is 49.4 Å². The minimum absolute atomic E-state index is 0.0325. The minimum Gasteiger partial charge on any atom is -0.482 e. The molecule has 2 aliphatic heterocycles. The summed E-state index contributed by atoms with van der Waals surface area (Å²) in [5.74, 6) is -5.19. The van der Waals surface area contributed by atoms with Gasteiger partial charge in [-0.15, -0.1) is 68.0 Å². The average Bonchev–Trinajstić information content (AvgIpc) is 1.64. The number of aryl methyl sites for hydroxylation is 1. The Bertz CT molecular complexity index is 4510. The van der Waals surface area contributed by atoms with E-state index >= 15 is 4.79 Å². The summed E-state index contributed by atoms with van der Waals surface area (Å²) in [5.41, 5.74) is 7.99. The van der Waals surface area contributed by atoms with Crippen LogP contribution in [0.15, 0.2) is 93.6 Å². The maximum Gasteiger partial charge on any atom is 0.344 e.